The molecule has 204 valence electrons. The summed E-state index contributed by atoms with van der Waals surface area (Å²) in [5.74, 6) is 0. The third-order valence-electron chi connectivity index (χ3n) is 6.89. The van der Waals surface area contributed by atoms with E-state index in [9.17, 15) is 8.42 Å². The number of hydrogen-bond acceptors (Lipinski definition) is 7. The van der Waals surface area contributed by atoms with E-state index in [1.54, 1.807) is 27.8 Å². The van der Waals surface area contributed by atoms with Crippen LogP contribution in [0.3, 0.4) is 0 Å². The third-order valence-corrected chi connectivity index (χ3v) is 9.58. The van der Waals surface area contributed by atoms with E-state index in [2.05, 4.69) is 14.8 Å². The molecular formula is C28H36N4O4S2. The SMILES string of the molecule is C[C@@H]1CN(S(=O)(=O)c2cccc(-c3csc(=Nc4ccccc4)n3CCCN3CCOCC3)c2)C[C@H](C)O1. The first-order valence-electron chi connectivity index (χ1n) is 13.2. The number of rotatable bonds is 8. The van der Waals surface area contributed by atoms with Gasteiger partial charge in [0.05, 0.1) is 41.7 Å². The Balaban J connectivity index is 1.46. The molecule has 2 saturated heterocycles. The molecule has 5 rings (SSSR count). The predicted molar refractivity (Wildman–Crippen MR) is 150 cm³/mol. The van der Waals surface area contributed by atoms with Crippen LogP contribution in [0.15, 0.2) is 69.9 Å². The molecule has 0 saturated carbocycles. The van der Waals surface area contributed by atoms with Crippen LogP contribution in [0.4, 0.5) is 5.69 Å². The van der Waals surface area contributed by atoms with E-state index in [1.165, 1.54) is 0 Å². The van der Waals surface area contributed by atoms with E-state index in [-0.39, 0.29) is 12.2 Å². The van der Waals surface area contributed by atoms with Crippen LogP contribution in [-0.2, 0) is 26.0 Å². The summed E-state index contributed by atoms with van der Waals surface area (Å²) in [5.41, 5.74) is 2.75. The van der Waals surface area contributed by atoms with Gasteiger partial charge in [0.2, 0.25) is 10.0 Å². The van der Waals surface area contributed by atoms with E-state index >= 15 is 0 Å². The van der Waals surface area contributed by atoms with Gasteiger partial charge in [-0.3, -0.25) is 4.90 Å². The number of thiazole rings is 1. The van der Waals surface area contributed by atoms with Gasteiger partial charge in [0.25, 0.3) is 0 Å². The molecule has 2 aliphatic heterocycles. The van der Waals surface area contributed by atoms with Gasteiger partial charge in [0.15, 0.2) is 4.80 Å². The summed E-state index contributed by atoms with van der Waals surface area (Å²) in [7, 11) is -3.64. The molecule has 2 atom stereocenters. The highest BCUT2D eigenvalue weighted by Crippen LogP contribution is 2.27. The summed E-state index contributed by atoms with van der Waals surface area (Å²) in [4.78, 5) is 8.56. The molecule has 10 heteroatoms. The second kappa shape index (κ2) is 12.2. The Kier molecular flexibility index (Phi) is 8.77. The van der Waals surface area contributed by atoms with E-state index in [4.69, 9.17) is 14.5 Å². The fourth-order valence-electron chi connectivity index (χ4n) is 5.05. The Hall–Kier alpha value is -2.34. The molecule has 3 aromatic rings. The molecule has 0 N–H and O–H groups in total. The second-order valence-electron chi connectivity index (χ2n) is 9.92. The van der Waals surface area contributed by atoms with E-state index in [0.717, 1.165) is 67.6 Å². The number of para-hydroxylation sites is 1. The number of sulfonamides is 1. The lowest BCUT2D eigenvalue weighted by Crippen LogP contribution is -2.48. The first-order chi connectivity index (χ1) is 18.4. The van der Waals surface area contributed by atoms with Gasteiger partial charge in [0, 0.05) is 50.2 Å². The highest BCUT2D eigenvalue weighted by Gasteiger charge is 2.32. The number of hydrogen-bond donors (Lipinski definition) is 0. The van der Waals surface area contributed by atoms with Crippen molar-refractivity contribution >= 4 is 27.0 Å². The van der Waals surface area contributed by atoms with Gasteiger partial charge < -0.3 is 14.0 Å². The van der Waals surface area contributed by atoms with Crippen LogP contribution in [0, 0.1) is 0 Å². The normalized spacial score (nSPS) is 22.1. The van der Waals surface area contributed by atoms with Crippen molar-refractivity contribution in [3.63, 3.8) is 0 Å². The van der Waals surface area contributed by atoms with Crippen LogP contribution >= 0.6 is 11.3 Å². The molecule has 0 bridgehead atoms. The molecule has 0 spiro atoms. The fraction of sp³-hybridized carbons (Fsp3) is 0.464. The summed E-state index contributed by atoms with van der Waals surface area (Å²) in [5, 5.41) is 2.08. The lowest BCUT2D eigenvalue weighted by atomic mass is 10.1. The van der Waals surface area contributed by atoms with E-state index < -0.39 is 10.0 Å². The molecule has 0 aliphatic carbocycles. The van der Waals surface area contributed by atoms with Gasteiger partial charge in [-0.1, -0.05) is 30.3 Å². The molecule has 1 aromatic heterocycles. The van der Waals surface area contributed by atoms with Crippen LogP contribution in [0.5, 0.6) is 0 Å². The maximum atomic E-state index is 13.6. The van der Waals surface area contributed by atoms with E-state index in [0.29, 0.717) is 18.0 Å². The molecule has 0 amide bonds. The number of benzene rings is 2. The van der Waals surface area contributed by atoms with Crippen LogP contribution in [0.2, 0.25) is 0 Å². The second-order valence-corrected chi connectivity index (χ2v) is 12.7. The number of nitrogens with zero attached hydrogens (tertiary/aromatic N) is 4. The minimum Gasteiger partial charge on any atom is -0.379 e. The van der Waals surface area contributed by atoms with Gasteiger partial charge in [-0.05, 0) is 44.5 Å². The van der Waals surface area contributed by atoms with Gasteiger partial charge in [-0.15, -0.1) is 11.3 Å². The van der Waals surface area contributed by atoms with Crippen molar-refractivity contribution in [1.29, 1.82) is 0 Å². The summed E-state index contributed by atoms with van der Waals surface area (Å²) >= 11 is 1.58. The molecule has 2 aromatic carbocycles. The first kappa shape index (κ1) is 27.2. The van der Waals surface area contributed by atoms with Crippen molar-refractivity contribution in [2.75, 3.05) is 45.9 Å². The fourth-order valence-corrected chi connectivity index (χ4v) is 7.64. The predicted octanol–water partition coefficient (Wildman–Crippen LogP) is 3.97. The van der Waals surface area contributed by atoms with Crippen LogP contribution in [-0.4, -0.2) is 80.3 Å². The maximum absolute atomic E-state index is 13.6. The van der Waals surface area contributed by atoms with Crippen molar-refractivity contribution in [1.82, 2.24) is 13.8 Å². The monoisotopic (exact) mass is 556 g/mol. The average Bonchev–Trinajstić information content (AvgIpc) is 3.31. The zero-order chi connectivity index (χ0) is 26.5. The van der Waals surface area contributed by atoms with Crippen molar-refractivity contribution in [3.05, 3.63) is 64.8 Å². The third kappa shape index (κ3) is 6.44. The number of morpholine rings is 2. The Morgan fingerprint density at radius 1 is 0.974 bits per heavy atom. The average molecular weight is 557 g/mol. The van der Waals surface area contributed by atoms with Crippen molar-refractivity contribution in [2.45, 2.75) is 43.9 Å². The minimum absolute atomic E-state index is 0.135. The topological polar surface area (TPSA) is 76.4 Å². The lowest BCUT2D eigenvalue weighted by molar-refractivity contribution is -0.0440. The Morgan fingerprint density at radius 3 is 2.45 bits per heavy atom. The molecule has 2 fully saturated rings. The Bertz CT molecular complexity index is 1370. The zero-order valence-corrected chi connectivity index (χ0v) is 23.7. The summed E-state index contributed by atoms with van der Waals surface area (Å²) in [6.07, 6.45) is 0.696. The minimum atomic E-state index is -3.64. The Labute approximate surface area is 229 Å². The summed E-state index contributed by atoms with van der Waals surface area (Å²) in [6.45, 7) is 9.81. The van der Waals surface area contributed by atoms with Gasteiger partial charge in [-0.2, -0.15) is 4.31 Å². The first-order valence-corrected chi connectivity index (χ1v) is 15.6. The number of ether oxygens (including phenoxy) is 2. The van der Waals surface area contributed by atoms with Gasteiger partial charge in [-0.25, -0.2) is 13.4 Å². The molecule has 0 radical (unpaired) electrons. The smallest absolute Gasteiger partial charge is 0.243 e. The lowest BCUT2D eigenvalue weighted by Gasteiger charge is -2.34. The van der Waals surface area contributed by atoms with Gasteiger partial charge >= 0.3 is 0 Å². The van der Waals surface area contributed by atoms with Crippen LogP contribution in [0.25, 0.3) is 11.3 Å². The standard InChI is InChI=1S/C28H36N4O4S2/c1-22-19-31(20-23(2)36-22)38(33,34)26-11-6-8-24(18-26)27-21-37-28(29-25-9-4-3-5-10-25)32(27)13-7-12-30-14-16-35-17-15-30/h3-6,8-11,18,21-23H,7,12-17,19-20H2,1-2H3/t22-,23+. The summed E-state index contributed by atoms with van der Waals surface area (Å²) in [6, 6.07) is 17.2. The van der Waals surface area contributed by atoms with E-state index in [1.807, 2.05) is 56.3 Å². The Morgan fingerprint density at radius 2 is 1.71 bits per heavy atom. The van der Waals surface area contributed by atoms with Crippen molar-refractivity contribution < 1.29 is 17.9 Å². The largest absolute Gasteiger partial charge is 0.379 e. The molecule has 38 heavy (non-hydrogen) atoms. The van der Waals surface area contributed by atoms with Crippen LogP contribution in [0.1, 0.15) is 20.3 Å². The summed E-state index contributed by atoms with van der Waals surface area (Å²) < 4.78 is 42.2. The van der Waals surface area contributed by atoms with Crippen molar-refractivity contribution in [3.8, 4) is 11.3 Å². The van der Waals surface area contributed by atoms with Crippen molar-refractivity contribution in [2.24, 2.45) is 4.99 Å². The zero-order valence-electron chi connectivity index (χ0n) is 22.0. The number of aromatic nitrogens is 1. The highest BCUT2D eigenvalue weighted by molar-refractivity contribution is 7.89. The van der Waals surface area contributed by atoms with Gasteiger partial charge in [0.1, 0.15) is 0 Å². The molecule has 3 heterocycles. The molecule has 0 unspecified atom stereocenters. The molecule has 2 aliphatic rings. The highest BCUT2D eigenvalue weighted by atomic mass is 32.2. The quantitative estimate of drug-likeness (QED) is 0.420. The van der Waals surface area contributed by atoms with Crippen LogP contribution < -0.4 is 4.80 Å². The molecule has 8 nitrogen and oxygen atoms in total. The maximum Gasteiger partial charge on any atom is 0.243 e. The molecular weight excluding hydrogens is 520 g/mol.